The van der Waals surface area contributed by atoms with E-state index in [2.05, 4.69) is 52.2 Å². The minimum Gasteiger partial charge on any atom is -0.272 e. The van der Waals surface area contributed by atoms with Crippen molar-refractivity contribution < 1.29 is 0 Å². The van der Waals surface area contributed by atoms with Gasteiger partial charge in [0, 0.05) is 23.1 Å². The number of alkyl halides is 1. The molecule has 2 nitrogen and oxygen atoms in total. The lowest BCUT2D eigenvalue weighted by Gasteiger charge is -2.14. The Labute approximate surface area is 134 Å². The maximum Gasteiger partial charge on any atom is 0.0624 e. The first kappa shape index (κ1) is 15.6. The van der Waals surface area contributed by atoms with E-state index < -0.39 is 0 Å². The number of halogens is 2. The summed E-state index contributed by atoms with van der Waals surface area (Å²) in [5.41, 5.74) is 3.74. The minimum absolute atomic E-state index is 0.436. The van der Waals surface area contributed by atoms with Gasteiger partial charge in [0.1, 0.15) is 0 Å². The summed E-state index contributed by atoms with van der Waals surface area (Å²) in [6, 6.07) is 10.6. The molecule has 0 aliphatic heterocycles. The molecule has 0 aliphatic carbocycles. The second kappa shape index (κ2) is 7.28. The van der Waals surface area contributed by atoms with Crippen molar-refractivity contribution in [3.63, 3.8) is 0 Å². The van der Waals surface area contributed by atoms with E-state index in [9.17, 15) is 0 Å². The van der Waals surface area contributed by atoms with Crippen LogP contribution in [0.5, 0.6) is 0 Å². The summed E-state index contributed by atoms with van der Waals surface area (Å²) in [5, 5.41) is 4.50. The molecule has 1 aromatic carbocycles. The molecule has 0 fully saturated rings. The van der Waals surface area contributed by atoms with Crippen molar-refractivity contribution in [1.29, 1.82) is 0 Å². The number of hydrogen-bond acceptors (Lipinski definition) is 1. The van der Waals surface area contributed by atoms with Crippen LogP contribution in [-0.2, 0) is 26.3 Å². The van der Waals surface area contributed by atoms with Crippen molar-refractivity contribution in [2.75, 3.05) is 5.88 Å². The van der Waals surface area contributed by atoms with Gasteiger partial charge in [0.25, 0.3) is 0 Å². The monoisotopic (exact) mass is 354 g/mol. The van der Waals surface area contributed by atoms with Crippen LogP contribution in [0.2, 0.25) is 0 Å². The molecular weight excluding hydrogens is 336 g/mol. The van der Waals surface area contributed by atoms with Crippen LogP contribution in [0.4, 0.5) is 0 Å². The van der Waals surface area contributed by atoms with E-state index in [0.29, 0.717) is 11.8 Å². The molecule has 108 valence electrons. The average Bonchev–Trinajstić information content (AvgIpc) is 2.78. The fourth-order valence-corrected chi connectivity index (χ4v) is 3.07. The first-order valence-corrected chi connectivity index (χ1v) is 8.27. The van der Waals surface area contributed by atoms with E-state index in [1.165, 1.54) is 11.3 Å². The SMILES string of the molecule is CCc1cc(CC(CCl)Cc2cccc(Br)c2)n(C)n1. The summed E-state index contributed by atoms with van der Waals surface area (Å²) < 4.78 is 3.11. The quantitative estimate of drug-likeness (QED) is 0.703. The molecule has 1 unspecified atom stereocenters. The van der Waals surface area contributed by atoms with Crippen LogP contribution in [0.25, 0.3) is 0 Å². The Morgan fingerprint density at radius 3 is 2.70 bits per heavy atom. The maximum atomic E-state index is 6.16. The molecule has 1 atom stereocenters. The summed E-state index contributed by atoms with van der Waals surface area (Å²) in [6.07, 6.45) is 2.94. The smallest absolute Gasteiger partial charge is 0.0624 e. The number of aryl methyl sites for hydroxylation is 2. The van der Waals surface area contributed by atoms with Crippen molar-refractivity contribution in [3.05, 3.63) is 51.8 Å². The molecule has 0 saturated heterocycles. The average molecular weight is 356 g/mol. The van der Waals surface area contributed by atoms with Gasteiger partial charge in [-0.25, -0.2) is 0 Å². The Bertz CT molecular complexity index is 565. The molecule has 20 heavy (non-hydrogen) atoms. The predicted molar refractivity (Wildman–Crippen MR) is 88.3 cm³/mol. The molecule has 0 saturated carbocycles. The second-order valence-corrected chi connectivity index (χ2v) is 6.39. The normalized spacial score (nSPS) is 12.6. The van der Waals surface area contributed by atoms with Gasteiger partial charge in [0.05, 0.1) is 5.69 Å². The Balaban J connectivity index is 2.06. The maximum absolute atomic E-state index is 6.16. The highest BCUT2D eigenvalue weighted by molar-refractivity contribution is 9.10. The summed E-state index contributed by atoms with van der Waals surface area (Å²) in [6.45, 7) is 2.13. The van der Waals surface area contributed by atoms with Crippen molar-refractivity contribution in [1.82, 2.24) is 9.78 Å². The van der Waals surface area contributed by atoms with Crippen LogP contribution in [0.1, 0.15) is 23.9 Å². The fraction of sp³-hybridized carbons (Fsp3) is 0.438. The molecule has 0 bridgehead atoms. The Hall–Kier alpha value is -0.800. The van der Waals surface area contributed by atoms with Crippen molar-refractivity contribution in [2.24, 2.45) is 13.0 Å². The molecule has 2 aromatic rings. The van der Waals surface area contributed by atoms with Crippen LogP contribution >= 0.6 is 27.5 Å². The number of hydrogen-bond donors (Lipinski definition) is 0. The van der Waals surface area contributed by atoms with Gasteiger partial charge in [-0.15, -0.1) is 11.6 Å². The molecule has 1 aromatic heterocycles. The van der Waals surface area contributed by atoms with Gasteiger partial charge in [0.2, 0.25) is 0 Å². The molecule has 0 amide bonds. The standard InChI is InChI=1S/C16H20BrClN2/c1-3-15-10-16(20(2)19-15)9-13(11-18)7-12-5-4-6-14(17)8-12/h4-6,8,10,13H,3,7,9,11H2,1-2H3. The van der Waals surface area contributed by atoms with Crippen molar-refractivity contribution in [3.8, 4) is 0 Å². The third-order valence-corrected chi connectivity index (χ3v) is 4.45. The fourth-order valence-electron chi connectivity index (χ4n) is 2.41. The second-order valence-electron chi connectivity index (χ2n) is 5.16. The van der Waals surface area contributed by atoms with Gasteiger partial charge >= 0.3 is 0 Å². The van der Waals surface area contributed by atoms with Crippen LogP contribution in [0.3, 0.4) is 0 Å². The van der Waals surface area contributed by atoms with Gasteiger partial charge in [0.15, 0.2) is 0 Å². The van der Waals surface area contributed by atoms with Crippen molar-refractivity contribution >= 4 is 27.5 Å². The third-order valence-electron chi connectivity index (χ3n) is 3.52. The highest BCUT2D eigenvalue weighted by Gasteiger charge is 2.13. The zero-order valence-electron chi connectivity index (χ0n) is 11.9. The zero-order chi connectivity index (χ0) is 14.5. The Morgan fingerprint density at radius 1 is 1.30 bits per heavy atom. The van der Waals surface area contributed by atoms with Crippen LogP contribution in [0.15, 0.2) is 34.8 Å². The highest BCUT2D eigenvalue weighted by atomic mass is 79.9. The molecule has 0 aliphatic rings. The number of nitrogens with zero attached hydrogens (tertiary/aromatic N) is 2. The van der Waals surface area contributed by atoms with E-state index in [1.54, 1.807) is 0 Å². The van der Waals surface area contributed by atoms with Crippen LogP contribution < -0.4 is 0 Å². The summed E-state index contributed by atoms with van der Waals surface area (Å²) in [5.74, 6) is 1.10. The highest BCUT2D eigenvalue weighted by Crippen LogP contribution is 2.19. The molecule has 0 N–H and O–H groups in total. The predicted octanol–water partition coefficient (Wildman–Crippen LogP) is 4.39. The topological polar surface area (TPSA) is 17.8 Å². The summed E-state index contributed by atoms with van der Waals surface area (Å²) >= 11 is 9.68. The summed E-state index contributed by atoms with van der Waals surface area (Å²) in [7, 11) is 2.01. The van der Waals surface area contributed by atoms with Gasteiger partial charge in [-0.05, 0) is 48.9 Å². The van der Waals surface area contributed by atoms with Gasteiger partial charge in [-0.1, -0.05) is 35.0 Å². The van der Waals surface area contributed by atoms with E-state index in [4.69, 9.17) is 11.6 Å². The molecule has 1 heterocycles. The first-order chi connectivity index (χ1) is 9.62. The Morgan fingerprint density at radius 2 is 2.10 bits per heavy atom. The van der Waals surface area contributed by atoms with E-state index >= 15 is 0 Å². The molecule has 4 heteroatoms. The van der Waals surface area contributed by atoms with Gasteiger partial charge < -0.3 is 0 Å². The lowest BCUT2D eigenvalue weighted by molar-refractivity contribution is 0.551. The molecule has 0 radical (unpaired) electrons. The lowest BCUT2D eigenvalue weighted by atomic mass is 9.96. The van der Waals surface area contributed by atoms with Gasteiger partial charge in [-0.2, -0.15) is 5.10 Å². The zero-order valence-corrected chi connectivity index (χ0v) is 14.3. The van der Waals surface area contributed by atoms with Gasteiger partial charge in [-0.3, -0.25) is 4.68 Å². The third kappa shape index (κ3) is 4.10. The number of benzene rings is 1. The van der Waals surface area contributed by atoms with Crippen LogP contribution in [-0.4, -0.2) is 15.7 Å². The van der Waals surface area contributed by atoms with E-state index in [1.807, 2.05) is 17.8 Å². The largest absolute Gasteiger partial charge is 0.272 e. The van der Waals surface area contributed by atoms with E-state index in [-0.39, 0.29) is 0 Å². The molecule has 0 spiro atoms. The molecular formula is C16H20BrClN2. The first-order valence-electron chi connectivity index (χ1n) is 6.94. The van der Waals surface area contributed by atoms with Crippen molar-refractivity contribution in [2.45, 2.75) is 26.2 Å². The molecule has 2 rings (SSSR count). The Kier molecular flexibility index (Phi) is 5.67. The number of aromatic nitrogens is 2. The van der Waals surface area contributed by atoms with Crippen LogP contribution in [0, 0.1) is 5.92 Å². The number of rotatable bonds is 6. The lowest BCUT2D eigenvalue weighted by Crippen LogP contribution is -2.12. The minimum atomic E-state index is 0.436. The van der Waals surface area contributed by atoms with E-state index in [0.717, 1.165) is 29.4 Å². The summed E-state index contributed by atoms with van der Waals surface area (Å²) in [4.78, 5) is 0.